The van der Waals surface area contributed by atoms with Crippen molar-refractivity contribution < 1.29 is 10.2 Å². The van der Waals surface area contributed by atoms with E-state index < -0.39 is 6.10 Å². The Morgan fingerprint density at radius 3 is 2.81 bits per heavy atom. The molecule has 0 aliphatic heterocycles. The minimum absolute atomic E-state index is 0.0395. The molecule has 0 aromatic carbocycles. The van der Waals surface area contributed by atoms with E-state index in [1.807, 2.05) is 6.92 Å². The fourth-order valence-electron chi connectivity index (χ4n) is 1.35. The van der Waals surface area contributed by atoms with Crippen molar-refractivity contribution in [3.63, 3.8) is 0 Å². The minimum atomic E-state index is -0.691. The molecular formula is C10H14BrClN2O2. The van der Waals surface area contributed by atoms with Gasteiger partial charge >= 0.3 is 0 Å². The topological polar surface area (TPSA) is 65.4 Å². The second-order valence-electron chi connectivity index (χ2n) is 3.46. The van der Waals surface area contributed by atoms with Gasteiger partial charge in [-0.3, -0.25) is 0 Å². The van der Waals surface area contributed by atoms with Crippen molar-refractivity contribution >= 4 is 27.5 Å². The lowest BCUT2D eigenvalue weighted by Gasteiger charge is -2.20. The number of pyridine rings is 1. The maximum Gasteiger partial charge on any atom is 0.130 e. The van der Waals surface area contributed by atoms with E-state index >= 15 is 0 Å². The Labute approximate surface area is 108 Å². The first-order valence-electron chi connectivity index (χ1n) is 4.90. The van der Waals surface area contributed by atoms with Crippen LogP contribution in [0.25, 0.3) is 0 Å². The summed E-state index contributed by atoms with van der Waals surface area (Å²) in [6.45, 7) is 2.32. The molecule has 0 amide bonds. The van der Waals surface area contributed by atoms with Crippen molar-refractivity contribution in [1.82, 2.24) is 10.3 Å². The van der Waals surface area contributed by atoms with Gasteiger partial charge in [0.15, 0.2) is 0 Å². The molecule has 1 rings (SSSR count). The number of aliphatic hydroxyl groups is 2. The average Bonchev–Trinajstić information content (AvgIpc) is 2.23. The van der Waals surface area contributed by atoms with Crippen LogP contribution in [0.3, 0.4) is 0 Å². The Morgan fingerprint density at radius 1 is 1.56 bits per heavy atom. The number of aromatic nitrogens is 1. The summed E-state index contributed by atoms with van der Waals surface area (Å²) < 4.78 is 0.586. The quantitative estimate of drug-likeness (QED) is 0.721. The molecule has 0 radical (unpaired) electrons. The summed E-state index contributed by atoms with van der Waals surface area (Å²) in [7, 11) is 0. The summed E-state index contributed by atoms with van der Waals surface area (Å²) in [5.41, 5.74) is 0.685. The van der Waals surface area contributed by atoms with E-state index in [1.165, 1.54) is 0 Å². The highest BCUT2D eigenvalue weighted by atomic mass is 79.9. The van der Waals surface area contributed by atoms with Gasteiger partial charge < -0.3 is 15.5 Å². The zero-order chi connectivity index (χ0) is 12.1. The van der Waals surface area contributed by atoms with Gasteiger partial charge in [0.25, 0.3) is 0 Å². The van der Waals surface area contributed by atoms with Gasteiger partial charge in [0.2, 0.25) is 0 Å². The monoisotopic (exact) mass is 308 g/mol. The second-order valence-corrected chi connectivity index (χ2v) is 4.66. The van der Waals surface area contributed by atoms with Crippen LogP contribution in [0.2, 0.25) is 5.15 Å². The molecule has 16 heavy (non-hydrogen) atoms. The lowest BCUT2D eigenvalue weighted by atomic mass is 10.1. The number of nitrogens with zero attached hydrogens (tertiary/aromatic N) is 1. The lowest BCUT2D eigenvalue weighted by molar-refractivity contribution is 0.132. The maximum atomic E-state index is 10.0. The van der Waals surface area contributed by atoms with Crippen LogP contribution in [0, 0.1) is 0 Å². The summed E-state index contributed by atoms with van der Waals surface area (Å²) in [6.07, 6.45) is -0.691. The Kier molecular flexibility index (Phi) is 5.64. The molecule has 90 valence electrons. The smallest absolute Gasteiger partial charge is 0.130 e. The number of rotatable bonds is 5. The van der Waals surface area contributed by atoms with Crippen molar-refractivity contribution in [2.75, 3.05) is 13.2 Å². The van der Waals surface area contributed by atoms with Gasteiger partial charge in [0.1, 0.15) is 9.76 Å². The molecule has 4 nitrogen and oxygen atoms in total. The van der Waals surface area contributed by atoms with Crippen LogP contribution in [0.1, 0.15) is 18.6 Å². The van der Waals surface area contributed by atoms with Gasteiger partial charge in [-0.25, -0.2) is 4.98 Å². The highest BCUT2D eigenvalue weighted by Gasteiger charge is 2.16. The van der Waals surface area contributed by atoms with Crippen LogP contribution in [-0.2, 0) is 0 Å². The van der Waals surface area contributed by atoms with Gasteiger partial charge in [-0.2, -0.15) is 0 Å². The number of hydrogen-bond acceptors (Lipinski definition) is 4. The van der Waals surface area contributed by atoms with Gasteiger partial charge in [-0.15, -0.1) is 0 Å². The first kappa shape index (κ1) is 13.9. The Hall–Kier alpha value is -0.200. The van der Waals surface area contributed by atoms with Gasteiger partial charge in [0.05, 0.1) is 12.7 Å². The first-order valence-corrected chi connectivity index (χ1v) is 6.07. The highest BCUT2D eigenvalue weighted by Crippen LogP contribution is 2.22. The molecule has 0 fully saturated rings. The van der Waals surface area contributed by atoms with Crippen molar-refractivity contribution in [3.8, 4) is 0 Å². The predicted molar refractivity (Wildman–Crippen MR) is 66.5 cm³/mol. The summed E-state index contributed by atoms with van der Waals surface area (Å²) >= 11 is 9.01. The molecule has 0 spiro atoms. The zero-order valence-corrected chi connectivity index (χ0v) is 11.2. The average molecular weight is 310 g/mol. The fourth-order valence-corrected chi connectivity index (χ4v) is 2.12. The van der Waals surface area contributed by atoms with E-state index in [0.29, 0.717) is 21.9 Å². The summed E-state index contributed by atoms with van der Waals surface area (Å²) in [5.74, 6) is 0. The largest absolute Gasteiger partial charge is 0.395 e. The normalized spacial score (nSPS) is 14.8. The molecule has 0 aliphatic rings. The number of halogens is 2. The van der Waals surface area contributed by atoms with Gasteiger partial charge in [-0.1, -0.05) is 11.6 Å². The third-order valence-corrected chi connectivity index (χ3v) is 2.78. The van der Waals surface area contributed by atoms with Crippen molar-refractivity contribution in [2.45, 2.75) is 19.1 Å². The van der Waals surface area contributed by atoms with Crippen molar-refractivity contribution in [3.05, 3.63) is 27.5 Å². The van der Waals surface area contributed by atoms with Crippen LogP contribution in [0.15, 0.2) is 16.7 Å². The predicted octanol–water partition coefficient (Wildman–Crippen LogP) is 1.50. The summed E-state index contributed by atoms with van der Waals surface area (Å²) in [6, 6.07) is 3.17. The SMILES string of the molecule is C[C@@H](NCCO)[C@H](O)c1cc(Cl)nc(Br)c1. The molecule has 0 saturated carbocycles. The van der Waals surface area contributed by atoms with Gasteiger partial charge in [-0.05, 0) is 40.5 Å². The Balaban J connectivity index is 2.74. The van der Waals surface area contributed by atoms with E-state index in [9.17, 15) is 5.11 Å². The van der Waals surface area contributed by atoms with Crippen LogP contribution < -0.4 is 5.32 Å². The standard InChI is InChI=1S/C10H14BrClN2O2/c1-6(13-2-3-15)10(16)7-4-8(11)14-9(12)5-7/h4-6,10,13,15-16H,2-3H2,1H3/t6-,10+/m1/s1. The molecule has 0 saturated heterocycles. The third-order valence-electron chi connectivity index (χ3n) is 2.18. The first-order chi connectivity index (χ1) is 7.54. The van der Waals surface area contributed by atoms with Gasteiger partial charge in [0, 0.05) is 12.6 Å². The zero-order valence-electron chi connectivity index (χ0n) is 8.82. The second kappa shape index (κ2) is 6.51. The molecule has 0 aliphatic carbocycles. The molecule has 2 atom stereocenters. The summed E-state index contributed by atoms with van der Waals surface area (Å²) in [4.78, 5) is 3.95. The summed E-state index contributed by atoms with van der Waals surface area (Å²) in [5, 5.41) is 22.0. The van der Waals surface area contributed by atoms with Crippen LogP contribution in [0.4, 0.5) is 0 Å². The number of hydrogen-bond donors (Lipinski definition) is 3. The minimum Gasteiger partial charge on any atom is -0.395 e. The molecule has 1 heterocycles. The number of aliphatic hydroxyl groups excluding tert-OH is 2. The molecule has 0 bridgehead atoms. The van der Waals surface area contributed by atoms with Crippen LogP contribution in [0.5, 0.6) is 0 Å². The highest BCUT2D eigenvalue weighted by molar-refractivity contribution is 9.10. The van der Waals surface area contributed by atoms with E-state index in [-0.39, 0.29) is 12.6 Å². The van der Waals surface area contributed by atoms with Crippen LogP contribution in [-0.4, -0.2) is 34.4 Å². The maximum absolute atomic E-state index is 10.0. The fraction of sp³-hybridized carbons (Fsp3) is 0.500. The molecule has 0 unspecified atom stereocenters. The Morgan fingerprint density at radius 2 is 2.25 bits per heavy atom. The van der Waals surface area contributed by atoms with E-state index in [0.717, 1.165) is 0 Å². The van der Waals surface area contributed by atoms with E-state index in [1.54, 1.807) is 12.1 Å². The molecule has 1 aromatic heterocycles. The van der Waals surface area contributed by atoms with E-state index in [4.69, 9.17) is 16.7 Å². The van der Waals surface area contributed by atoms with E-state index in [2.05, 4.69) is 26.2 Å². The third kappa shape index (κ3) is 3.99. The van der Waals surface area contributed by atoms with Crippen LogP contribution >= 0.6 is 27.5 Å². The Bertz CT molecular complexity index is 331. The van der Waals surface area contributed by atoms with Crippen molar-refractivity contribution in [2.24, 2.45) is 0 Å². The van der Waals surface area contributed by atoms with Crippen molar-refractivity contribution in [1.29, 1.82) is 0 Å². The molecule has 1 aromatic rings. The molecule has 3 N–H and O–H groups in total. The number of nitrogens with one attached hydrogen (secondary N) is 1. The molecule has 6 heteroatoms. The lowest BCUT2D eigenvalue weighted by Crippen LogP contribution is -2.34. The molecular weight excluding hydrogens is 295 g/mol.